The summed E-state index contributed by atoms with van der Waals surface area (Å²) in [4.78, 5) is 31.9. The van der Waals surface area contributed by atoms with E-state index in [-0.39, 0.29) is 25.4 Å². The Morgan fingerprint density at radius 2 is 2.10 bits per heavy atom. The molecule has 0 bridgehead atoms. The summed E-state index contributed by atoms with van der Waals surface area (Å²) in [6.07, 6.45) is -1.20. The average molecular weight is 448 g/mol. The van der Waals surface area contributed by atoms with Gasteiger partial charge in [0.2, 0.25) is 5.91 Å². The molecule has 0 aliphatic carbocycles. The molecule has 2 heterocycles. The smallest absolute Gasteiger partial charge is 0.411 e. The Kier molecular flexibility index (Phi) is 6.86. The van der Waals surface area contributed by atoms with Crippen molar-refractivity contribution in [2.45, 2.75) is 58.4 Å². The van der Waals surface area contributed by atoms with Crippen LogP contribution in [0.25, 0.3) is 10.4 Å². The molecule has 2 atom stereocenters. The summed E-state index contributed by atoms with van der Waals surface area (Å²) < 4.78 is 10.9. The summed E-state index contributed by atoms with van der Waals surface area (Å²) in [7, 11) is 1.58. The molecule has 1 aromatic carbocycles. The van der Waals surface area contributed by atoms with E-state index < -0.39 is 23.8 Å². The van der Waals surface area contributed by atoms with E-state index in [9.17, 15) is 14.7 Å². The van der Waals surface area contributed by atoms with Crippen LogP contribution in [0, 0.1) is 6.92 Å². The summed E-state index contributed by atoms with van der Waals surface area (Å²) in [6.45, 7) is 7.54. The van der Waals surface area contributed by atoms with Crippen LogP contribution in [-0.4, -0.2) is 58.4 Å². The lowest BCUT2D eigenvalue weighted by atomic mass is 10.1. The first-order valence-electron chi connectivity index (χ1n) is 10.1. The topological polar surface area (TPSA) is 101 Å². The maximum Gasteiger partial charge on any atom is 0.411 e. The van der Waals surface area contributed by atoms with Crippen LogP contribution in [0.4, 0.5) is 4.79 Å². The molecular weight excluding hydrogens is 418 g/mol. The standard InChI is InChI=1S/C22H29N3O5S/c1-13-19(31-12-24-13)14-6-7-15(18(8-14)29-5)10-23-20(27)17-9-16(26)11-25(17)21(28)30-22(2,3)4/h6-8,12,16-17,26H,9-11H2,1-5H3,(H,23,27)/t16-,17+/m1/s1. The van der Waals surface area contributed by atoms with Crippen molar-refractivity contribution in [3.8, 4) is 16.2 Å². The van der Waals surface area contributed by atoms with Crippen LogP contribution in [0.5, 0.6) is 5.75 Å². The highest BCUT2D eigenvalue weighted by Gasteiger charge is 2.40. The van der Waals surface area contributed by atoms with Gasteiger partial charge in [0.25, 0.3) is 0 Å². The fourth-order valence-corrected chi connectivity index (χ4v) is 4.30. The number of nitrogens with one attached hydrogen (secondary N) is 1. The zero-order valence-electron chi connectivity index (χ0n) is 18.5. The summed E-state index contributed by atoms with van der Waals surface area (Å²) in [5.74, 6) is 0.313. The number of aliphatic hydroxyl groups excluding tert-OH is 1. The van der Waals surface area contributed by atoms with Gasteiger partial charge in [-0.05, 0) is 39.3 Å². The molecule has 1 aromatic heterocycles. The number of β-amino-alcohol motifs (C(OH)–C–C–N with tert-alkyl or cyclic N) is 1. The number of carbonyl (C=O) groups is 2. The fraction of sp³-hybridized carbons (Fsp3) is 0.500. The molecule has 0 saturated carbocycles. The van der Waals surface area contributed by atoms with Crippen LogP contribution in [-0.2, 0) is 16.1 Å². The largest absolute Gasteiger partial charge is 0.496 e. The van der Waals surface area contributed by atoms with Crippen molar-refractivity contribution in [1.82, 2.24) is 15.2 Å². The summed E-state index contributed by atoms with van der Waals surface area (Å²) >= 11 is 1.56. The predicted molar refractivity (Wildman–Crippen MR) is 118 cm³/mol. The minimum atomic E-state index is -0.782. The van der Waals surface area contributed by atoms with Crippen molar-refractivity contribution in [1.29, 1.82) is 0 Å². The monoisotopic (exact) mass is 447 g/mol. The molecule has 1 aliphatic heterocycles. The molecule has 9 heteroatoms. The zero-order chi connectivity index (χ0) is 22.8. The molecule has 0 spiro atoms. The first-order chi connectivity index (χ1) is 14.6. The second-order valence-electron chi connectivity index (χ2n) is 8.55. The summed E-state index contributed by atoms with van der Waals surface area (Å²) in [6, 6.07) is 5.02. The van der Waals surface area contributed by atoms with E-state index in [4.69, 9.17) is 9.47 Å². The van der Waals surface area contributed by atoms with Gasteiger partial charge in [-0.25, -0.2) is 9.78 Å². The second-order valence-corrected chi connectivity index (χ2v) is 9.40. The molecular formula is C22H29N3O5S. The summed E-state index contributed by atoms with van der Waals surface area (Å²) in [5, 5.41) is 12.9. The Bertz CT molecular complexity index is 953. The molecule has 2 aromatic rings. The van der Waals surface area contributed by atoms with Gasteiger partial charge in [-0.2, -0.15) is 0 Å². The highest BCUT2D eigenvalue weighted by molar-refractivity contribution is 7.13. The molecule has 8 nitrogen and oxygen atoms in total. The number of amides is 2. The second kappa shape index (κ2) is 9.23. The lowest BCUT2D eigenvalue weighted by molar-refractivity contribution is -0.125. The molecule has 1 saturated heterocycles. The van der Waals surface area contributed by atoms with Crippen LogP contribution in [0.3, 0.4) is 0 Å². The van der Waals surface area contributed by atoms with Crippen molar-refractivity contribution in [3.63, 3.8) is 0 Å². The van der Waals surface area contributed by atoms with E-state index in [1.54, 1.807) is 44.7 Å². The normalized spacial score (nSPS) is 18.7. The van der Waals surface area contributed by atoms with Gasteiger partial charge in [-0.15, -0.1) is 11.3 Å². The minimum Gasteiger partial charge on any atom is -0.496 e. The van der Waals surface area contributed by atoms with Crippen molar-refractivity contribution < 1.29 is 24.2 Å². The molecule has 168 valence electrons. The number of benzene rings is 1. The number of carbonyl (C=O) groups excluding carboxylic acids is 2. The van der Waals surface area contributed by atoms with Crippen LogP contribution >= 0.6 is 11.3 Å². The minimum absolute atomic E-state index is 0.0687. The number of nitrogens with zero attached hydrogens (tertiary/aromatic N) is 2. The third kappa shape index (κ3) is 5.54. The molecule has 3 rings (SSSR count). The Morgan fingerprint density at radius 3 is 2.71 bits per heavy atom. The van der Waals surface area contributed by atoms with Gasteiger partial charge in [0.15, 0.2) is 0 Å². The molecule has 1 fully saturated rings. The van der Waals surface area contributed by atoms with E-state index in [2.05, 4.69) is 10.3 Å². The van der Waals surface area contributed by atoms with Gasteiger partial charge < -0.3 is 19.9 Å². The van der Waals surface area contributed by atoms with E-state index in [0.717, 1.165) is 21.7 Å². The molecule has 0 radical (unpaired) electrons. The third-order valence-electron chi connectivity index (χ3n) is 4.96. The van der Waals surface area contributed by atoms with E-state index in [1.165, 1.54) is 4.90 Å². The Labute approximate surface area is 186 Å². The number of thiazole rings is 1. The maximum absolute atomic E-state index is 12.8. The Hall–Kier alpha value is -2.65. The molecule has 1 aliphatic rings. The third-order valence-corrected chi connectivity index (χ3v) is 5.94. The quantitative estimate of drug-likeness (QED) is 0.730. The molecule has 0 unspecified atom stereocenters. The average Bonchev–Trinajstić information content (AvgIpc) is 3.30. The number of ether oxygens (including phenoxy) is 2. The lowest BCUT2D eigenvalue weighted by Crippen LogP contribution is -2.47. The van der Waals surface area contributed by atoms with Gasteiger partial charge in [-0.3, -0.25) is 9.69 Å². The predicted octanol–water partition coefficient (Wildman–Crippen LogP) is 3.11. The summed E-state index contributed by atoms with van der Waals surface area (Å²) in [5.41, 5.74) is 3.88. The highest BCUT2D eigenvalue weighted by atomic mass is 32.1. The number of aliphatic hydroxyl groups is 1. The van der Waals surface area contributed by atoms with Gasteiger partial charge in [-0.1, -0.05) is 12.1 Å². The van der Waals surface area contributed by atoms with Gasteiger partial charge in [0, 0.05) is 18.5 Å². The van der Waals surface area contributed by atoms with Crippen LogP contribution in [0.1, 0.15) is 38.4 Å². The van der Waals surface area contributed by atoms with E-state index in [1.807, 2.05) is 25.1 Å². The van der Waals surface area contributed by atoms with E-state index in [0.29, 0.717) is 5.75 Å². The number of methoxy groups -OCH3 is 1. The van der Waals surface area contributed by atoms with Gasteiger partial charge in [0.05, 0.1) is 35.8 Å². The SMILES string of the molecule is COc1cc(-c2scnc2C)ccc1CNC(=O)[C@@H]1C[C@@H](O)CN1C(=O)OC(C)(C)C. The van der Waals surface area contributed by atoms with Crippen LogP contribution < -0.4 is 10.1 Å². The van der Waals surface area contributed by atoms with Crippen molar-refractivity contribution in [2.75, 3.05) is 13.7 Å². The first kappa shape index (κ1) is 23.0. The van der Waals surface area contributed by atoms with Crippen molar-refractivity contribution in [3.05, 3.63) is 35.0 Å². The Balaban J connectivity index is 1.69. The number of hydrogen-bond donors (Lipinski definition) is 2. The molecule has 31 heavy (non-hydrogen) atoms. The van der Waals surface area contributed by atoms with Crippen LogP contribution in [0.2, 0.25) is 0 Å². The molecule has 2 N–H and O–H groups in total. The number of likely N-dealkylation sites (tertiary alicyclic amines) is 1. The van der Waals surface area contributed by atoms with Gasteiger partial charge >= 0.3 is 6.09 Å². The number of rotatable bonds is 5. The number of aryl methyl sites for hydroxylation is 1. The number of hydrogen-bond acceptors (Lipinski definition) is 7. The zero-order valence-corrected chi connectivity index (χ0v) is 19.3. The van der Waals surface area contributed by atoms with Gasteiger partial charge in [0.1, 0.15) is 17.4 Å². The van der Waals surface area contributed by atoms with Crippen molar-refractivity contribution in [2.24, 2.45) is 0 Å². The molecule has 2 amide bonds. The van der Waals surface area contributed by atoms with Crippen LogP contribution in [0.15, 0.2) is 23.7 Å². The van der Waals surface area contributed by atoms with E-state index >= 15 is 0 Å². The fourth-order valence-electron chi connectivity index (χ4n) is 3.50. The highest BCUT2D eigenvalue weighted by Crippen LogP contribution is 2.32. The maximum atomic E-state index is 12.8. The number of aromatic nitrogens is 1. The lowest BCUT2D eigenvalue weighted by Gasteiger charge is -2.27. The first-order valence-corrected chi connectivity index (χ1v) is 11.0. The van der Waals surface area contributed by atoms with Crippen molar-refractivity contribution >= 4 is 23.3 Å². The Morgan fingerprint density at radius 1 is 1.35 bits per heavy atom.